The maximum absolute atomic E-state index is 13.7. The van der Waals surface area contributed by atoms with Gasteiger partial charge in [-0.25, -0.2) is 4.39 Å². The Kier molecular flexibility index (Phi) is 4.82. The molecule has 2 aromatic carbocycles. The monoisotopic (exact) mass is 290 g/mol. The highest BCUT2D eigenvalue weighted by Crippen LogP contribution is 2.31. The van der Waals surface area contributed by atoms with Gasteiger partial charge in [0.1, 0.15) is 5.82 Å². The smallest absolute Gasteiger partial charge is 0.126 e. The predicted molar refractivity (Wildman–Crippen MR) is 84.0 cm³/mol. The molecule has 0 saturated carbocycles. The van der Waals surface area contributed by atoms with Gasteiger partial charge >= 0.3 is 0 Å². The Bertz CT molecular complexity index is 604. The number of hydrogen-bond acceptors (Lipinski definition) is 0. The standard InChI is InChI=1S/C18H20ClF/c1-4-13-8-9-15(10-14(13)5-2)18(19)16-7-6-12(3)17(20)11-16/h6-11,18H,4-5H2,1-3H3. The second-order valence-electron chi connectivity index (χ2n) is 5.11. The van der Waals surface area contributed by atoms with Crippen LogP contribution in [0.25, 0.3) is 0 Å². The van der Waals surface area contributed by atoms with E-state index in [2.05, 4.69) is 26.0 Å². The lowest BCUT2D eigenvalue weighted by Gasteiger charge is -2.14. The third kappa shape index (κ3) is 3.04. The maximum Gasteiger partial charge on any atom is 0.126 e. The van der Waals surface area contributed by atoms with Crippen molar-refractivity contribution in [2.24, 2.45) is 0 Å². The van der Waals surface area contributed by atoms with E-state index in [-0.39, 0.29) is 11.2 Å². The van der Waals surface area contributed by atoms with Crippen LogP contribution in [-0.4, -0.2) is 0 Å². The number of aryl methyl sites for hydroxylation is 3. The quantitative estimate of drug-likeness (QED) is 0.644. The molecule has 0 fully saturated rings. The van der Waals surface area contributed by atoms with E-state index in [9.17, 15) is 4.39 Å². The van der Waals surface area contributed by atoms with Gasteiger partial charge in [0.15, 0.2) is 0 Å². The summed E-state index contributed by atoms with van der Waals surface area (Å²) in [5, 5.41) is -0.304. The second-order valence-corrected chi connectivity index (χ2v) is 5.54. The highest BCUT2D eigenvalue weighted by molar-refractivity contribution is 6.22. The molecule has 0 aliphatic heterocycles. The summed E-state index contributed by atoms with van der Waals surface area (Å²) >= 11 is 6.51. The molecule has 0 aliphatic carbocycles. The molecule has 0 aromatic heterocycles. The molecule has 0 heterocycles. The van der Waals surface area contributed by atoms with Crippen LogP contribution in [0.3, 0.4) is 0 Å². The fourth-order valence-electron chi connectivity index (χ4n) is 2.44. The zero-order valence-corrected chi connectivity index (χ0v) is 13.0. The van der Waals surface area contributed by atoms with E-state index in [1.165, 1.54) is 17.2 Å². The summed E-state index contributed by atoms with van der Waals surface area (Å²) in [7, 11) is 0. The molecule has 0 radical (unpaired) electrons. The zero-order chi connectivity index (χ0) is 14.7. The Morgan fingerprint density at radius 3 is 2.15 bits per heavy atom. The summed E-state index contributed by atoms with van der Waals surface area (Å²) in [4.78, 5) is 0. The van der Waals surface area contributed by atoms with Crippen LogP contribution in [0.15, 0.2) is 36.4 Å². The SMILES string of the molecule is CCc1ccc(C(Cl)c2ccc(C)c(F)c2)cc1CC. The van der Waals surface area contributed by atoms with Crippen molar-refractivity contribution in [1.82, 2.24) is 0 Å². The molecule has 0 N–H and O–H groups in total. The van der Waals surface area contributed by atoms with Crippen LogP contribution < -0.4 is 0 Å². The van der Waals surface area contributed by atoms with Crippen molar-refractivity contribution in [3.8, 4) is 0 Å². The van der Waals surface area contributed by atoms with Crippen LogP contribution >= 0.6 is 11.6 Å². The number of halogens is 2. The van der Waals surface area contributed by atoms with E-state index in [0.717, 1.165) is 24.0 Å². The third-order valence-electron chi connectivity index (χ3n) is 3.77. The van der Waals surface area contributed by atoms with Gasteiger partial charge in [-0.05, 0) is 53.6 Å². The highest BCUT2D eigenvalue weighted by Gasteiger charge is 2.13. The number of hydrogen-bond donors (Lipinski definition) is 0. The fourth-order valence-corrected chi connectivity index (χ4v) is 2.71. The van der Waals surface area contributed by atoms with Crippen LogP contribution in [0.1, 0.15) is 47.0 Å². The molecule has 2 rings (SSSR count). The van der Waals surface area contributed by atoms with Gasteiger partial charge in [0.25, 0.3) is 0 Å². The van der Waals surface area contributed by atoms with Crippen molar-refractivity contribution in [3.05, 3.63) is 70.0 Å². The van der Waals surface area contributed by atoms with E-state index in [1.807, 2.05) is 12.1 Å². The summed E-state index contributed by atoms with van der Waals surface area (Å²) in [6, 6.07) is 11.5. The Labute approximate surface area is 125 Å². The lowest BCUT2D eigenvalue weighted by atomic mass is 9.96. The topological polar surface area (TPSA) is 0 Å². The van der Waals surface area contributed by atoms with E-state index >= 15 is 0 Å². The fraction of sp³-hybridized carbons (Fsp3) is 0.333. The van der Waals surface area contributed by atoms with Gasteiger partial charge in [0.05, 0.1) is 5.38 Å². The zero-order valence-electron chi connectivity index (χ0n) is 12.2. The van der Waals surface area contributed by atoms with Crippen molar-refractivity contribution in [2.75, 3.05) is 0 Å². The van der Waals surface area contributed by atoms with Gasteiger partial charge in [-0.2, -0.15) is 0 Å². The summed E-state index contributed by atoms with van der Waals surface area (Å²) in [6.07, 6.45) is 2.01. The first-order valence-electron chi connectivity index (χ1n) is 7.08. The van der Waals surface area contributed by atoms with Crippen LogP contribution in [-0.2, 0) is 12.8 Å². The summed E-state index contributed by atoms with van der Waals surface area (Å²) in [6.45, 7) is 6.06. The van der Waals surface area contributed by atoms with Crippen molar-refractivity contribution in [1.29, 1.82) is 0 Å². The average molecular weight is 291 g/mol. The molecular weight excluding hydrogens is 271 g/mol. The van der Waals surface area contributed by atoms with Crippen molar-refractivity contribution in [3.63, 3.8) is 0 Å². The van der Waals surface area contributed by atoms with Gasteiger partial charge in [-0.15, -0.1) is 11.6 Å². The molecule has 20 heavy (non-hydrogen) atoms. The van der Waals surface area contributed by atoms with Gasteiger partial charge in [0.2, 0.25) is 0 Å². The highest BCUT2D eigenvalue weighted by atomic mass is 35.5. The van der Waals surface area contributed by atoms with E-state index < -0.39 is 0 Å². The third-order valence-corrected chi connectivity index (χ3v) is 4.28. The van der Waals surface area contributed by atoms with Crippen molar-refractivity contribution in [2.45, 2.75) is 39.0 Å². The van der Waals surface area contributed by atoms with Gasteiger partial charge in [-0.3, -0.25) is 0 Å². The van der Waals surface area contributed by atoms with E-state index in [0.29, 0.717) is 5.56 Å². The largest absolute Gasteiger partial charge is 0.207 e. The van der Waals surface area contributed by atoms with Crippen molar-refractivity contribution < 1.29 is 4.39 Å². The molecule has 0 amide bonds. The number of benzene rings is 2. The van der Waals surface area contributed by atoms with Crippen molar-refractivity contribution >= 4 is 11.6 Å². The summed E-state index contributed by atoms with van der Waals surface area (Å²) in [5.74, 6) is -0.200. The minimum atomic E-state index is -0.304. The van der Waals surface area contributed by atoms with Crippen LogP contribution in [0.2, 0.25) is 0 Å². The molecule has 0 saturated heterocycles. The van der Waals surface area contributed by atoms with E-state index in [1.54, 1.807) is 13.0 Å². The summed E-state index contributed by atoms with van der Waals surface area (Å²) in [5.41, 5.74) is 5.16. The summed E-state index contributed by atoms with van der Waals surface area (Å²) < 4.78 is 13.7. The Balaban J connectivity index is 2.37. The molecule has 2 aromatic rings. The molecule has 2 heteroatoms. The minimum Gasteiger partial charge on any atom is -0.207 e. The molecule has 0 nitrogen and oxygen atoms in total. The predicted octanol–water partition coefficient (Wildman–Crippen LogP) is 5.59. The first-order chi connectivity index (χ1) is 9.56. The molecule has 1 unspecified atom stereocenters. The first kappa shape index (κ1) is 15.1. The van der Waals surface area contributed by atoms with E-state index in [4.69, 9.17) is 11.6 Å². The van der Waals surface area contributed by atoms with Gasteiger partial charge in [0, 0.05) is 0 Å². The molecule has 1 atom stereocenters. The van der Waals surface area contributed by atoms with Crippen LogP contribution in [0.4, 0.5) is 4.39 Å². The number of rotatable bonds is 4. The second kappa shape index (κ2) is 6.41. The Hall–Kier alpha value is -1.34. The molecular formula is C18H20ClF. The minimum absolute atomic E-state index is 0.200. The normalized spacial score (nSPS) is 12.4. The maximum atomic E-state index is 13.7. The number of alkyl halides is 1. The Morgan fingerprint density at radius 1 is 0.950 bits per heavy atom. The van der Waals surface area contributed by atoms with Crippen LogP contribution in [0, 0.1) is 12.7 Å². The lowest BCUT2D eigenvalue weighted by Crippen LogP contribution is -1.99. The average Bonchev–Trinajstić information content (AvgIpc) is 2.48. The van der Waals surface area contributed by atoms with Gasteiger partial charge < -0.3 is 0 Å². The van der Waals surface area contributed by atoms with Crippen LogP contribution in [0.5, 0.6) is 0 Å². The first-order valence-corrected chi connectivity index (χ1v) is 7.52. The Morgan fingerprint density at radius 2 is 1.55 bits per heavy atom. The molecule has 0 spiro atoms. The lowest BCUT2D eigenvalue weighted by molar-refractivity contribution is 0.616. The molecule has 0 bridgehead atoms. The van der Waals surface area contributed by atoms with Gasteiger partial charge in [-0.1, -0.05) is 44.2 Å². The molecule has 0 aliphatic rings. The molecule has 106 valence electrons.